The molecule has 0 aliphatic carbocycles. The first kappa shape index (κ1) is 17.2. The topological polar surface area (TPSA) is 83.4 Å². The lowest BCUT2D eigenvalue weighted by molar-refractivity contribution is 0.313. The van der Waals surface area contributed by atoms with Gasteiger partial charge in [0.05, 0.1) is 6.61 Å². The van der Waals surface area contributed by atoms with E-state index in [1.165, 1.54) is 0 Å². The van der Waals surface area contributed by atoms with Gasteiger partial charge in [-0.2, -0.15) is 0 Å². The zero-order chi connectivity index (χ0) is 16.5. The molecule has 124 valence electrons. The molecule has 5 heteroatoms. The van der Waals surface area contributed by atoms with E-state index in [-0.39, 0.29) is 0 Å². The van der Waals surface area contributed by atoms with Crippen molar-refractivity contribution < 1.29 is 9.47 Å². The summed E-state index contributed by atoms with van der Waals surface area (Å²) in [5.74, 6) is 1.68. The number of nitrogens with zero attached hydrogens (tertiary/aromatic N) is 1. The minimum atomic E-state index is 0.499. The second kappa shape index (κ2) is 9.12. The van der Waals surface area contributed by atoms with Crippen LogP contribution in [0.4, 0.5) is 0 Å². The summed E-state index contributed by atoms with van der Waals surface area (Å²) in [5, 5.41) is 0. The van der Waals surface area contributed by atoms with Gasteiger partial charge in [-0.1, -0.05) is 12.1 Å². The summed E-state index contributed by atoms with van der Waals surface area (Å²) in [6.07, 6.45) is 1.58. The number of aryl methyl sites for hydroxylation is 1. The maximum atomic E-state index is 5.69. The van der Waals surface area contributed by atoms with E-state index in [1.807, 2.05) is 37.3 Å². The Hall–Kier alpha value is -2.11. The van der Waals surface area contributed by atoms with Gasteiger partial charge in [0.25, 0.3) is 0 Å². The highest BCUT2D eigenvalue weighted by atomic mass is 16.5. The molecule has 0 radical (unpaired) electrons. The smallest absolute Gasteiger partial charge is 0.122 e. The number of aromatic nitrogens is 1. The van der Waals surface area contributed by atoms with E-state index in [9.17, 15) is 0 Å². The first-order valence-corrected chi connectivity index (χ1v) is 7.93. The van der Waals surface area contributed by atoms with Gasteiger partial charge in [0.15, 0.2) is 0 Å². The lowest BCUT2D eigenvalue weighted by atomic mass is 10.1. The lowest BCUT2D eigenvalue weighted by Crippen LogP contribution is -2.11. The van der Waals surface area contributed by atoms with Crippen molar-refractivity contribution in [1.82, 2.24) is 4.98 Å². The largest absolute Gasteiger partial charge is 0.494 e. The molecule has 5 nitrogen and oxygen atoms in total. The maximum absolute atomic E-state index is 5.69. The zero-order valence-electron chi connectivity index (χ0n) is 13.6. The van der Waals surface area contributed by atoms with Crippen molar-refractivity contribution >= 4 is 0 Å². The number of nitrogens with two attached hydrogens (primary N) is 2. The quantitative estimate of drug-likeness (QED) is 0.692. The standard InChI is InChI=1S/C18H25N3O2/c1-14-10-18(23-9-7-20)13-16(21-14)11-15-4-2-5-17(12-15)22-8-3-6-19/h2,4-5,10,12-13H,3,6-9,11,19-20H2,1H3. The minimum Gasteiger partial charge on any atom is -0.494 e. The molecule has 0 unspecified atom stereocenters. The Labute approximate surface area is 137 Å². The van der Waals surface area contributed by atoms with Crippen molar-refractivity contribution in [2.45, 2.75) is 19.8 Å². The second-order valence-corrected chi connectivity index (χ2v) is 5.39. The Kier molecular flexibility index (Phi) is 6.84. The Bertz CT molecular complexity index is 617. The summed E-state index contributed by atoms with van der Waals surface area (Å²) >= 11 is 0. The van der Waals surface area contributed by atoms with E-state index in [2.05, 4.69) is 11.1 Å². The molecule has 0 aliphatic heterocycles. The summed E-state index contributed by atoms with van der Waals surface area (Å²) in [4.78, 5) is 4.57. The third-order valence-corrected chi connectivity index (χ3v) is 3.27. The number of hydrogen-bond acceptors (Lipinski definition) is 5. The summed E-state index contributed by atoms with van der Waals surface area (Å²) in [6.45, 7) is 4.25. The number of rotatable bonds is 9. The molecule has 0 spiro atoms. The van der Waals surface area contributed by atoms with Crippen LogP contribution in [0.3, 0.4) is 0 Å². The summed E-state index contributed by atoms with van der Waals surface area (Å²) in [7, 11) is 0. The number of benzene rings is 1. The molecule has 1 aromatic heterocycles. The van der Waals surface area contributed by atoms with Crippen molar-refractivity contribution in [1.29, 1.82) is 0 Å². The van der Waals surface area contributed by atoms with Crippen LogP contribution < -0.4 is 20.9 Å². The molecule has 0 saturated heterocycles. The fraction of sp³-hybridized carbons (Fsp3) is 0.389. The Morgan fingerprint density at radius 3 is 2.57 bits per heavy atom. The van der Waals surface area contributed by atoms with Crippen LogP contribution in [-0.4, -0.2) is 31.3 Å². The average Bonchev–Trinajstić information content (AvgIpc) is 2.53. The summed E-state index contributed by atoms with van der Waals surface area (Å²) in [6, 6.07) is 11.9. The van der Waals surface area contributed by atoms with Crippen LogP contribution >= 0.6 is 0 Å². The van der Waals surface area contributed by atoms with Crippen molar-refractivity contribution in [3.05, 3.63) is 53.3 Å². The first-order valence-electron chi connectivity index (χ1n) is 7.93. The van der Waals surface area contributed by atoms with Crippen LogP contribution in [0, 0.1) is 6.92 Å². The van der Waals surface area contributed by atoms with Gasteiger partial charge in [0.2, 0.25) is 0 Å². The highest BCUT2D eigenvalue weighted by Crippen LogP contribution is 2.19. The van der Waals surface area contributed by atoms with Gasteiger partial charge in [0.1, 0.15) is 18.1 Å². The molecule has 0 atom stereocenters. The summed E-state index contributed by atoms with van der Waals surface area (Å²) < 4.78 is 11.3. The Morgan fingerprint density at radius 1 is 0.957 bits per heavy atom. The van der Waals surface area contributed by atoms with Crippen LogP contribution in [0.1, 0.15) is 23.4 Å². The van der Waals surface area contributed by atoms with E-state index in [4.69, 9.17) is 20.9 Å². The van der Waals surface area contributed by atoms with Gasteiger partial charge in [-0.3, -0.25) is 4.98 Å². The van der Waals surface area contributed by atoms with Gasteiger partial charge < -0.3 is 20.9 Å². The maximum Gasteiger partial charge on any atom is 0.122 e. The molecule has 0 saturated carbocycles. The third-order valence-electron chi connectivity index (χ3n) is 3.27. The van der Waals surface area contributed by atoms with Crippen molar-refractivity contribution in [3.8, 4) is 11.5 Å². The number of hydrogen-bond donors (Lipinski definition) is 2. The van der Waals surface area contributed by atoms with Crippen molar-refractivity contribution in [3.63, 3.8) is 0 Å². The van der Waals surface area contributed by atoms with Gasteiger partial charge >= 0.3 is 0 Å². The SMILES string of the molecule is Cc1cc(OCCN)cc(Cc2cccc(OCCCN)c2)n1. The van der Waals surface area contributed by atoms with E-state index in [0.717, 1.165) is 41.3 Å². The fourth-order valence-electron chi connectivity index (χ4n) is 2.28. The minimum absolute atomic E-state index is 0.499. The van der Waals surface area contributed by atoms with E-state index >= 15 is 0 Å². The molecule has 0 aliphatic rings. The van der Waals surface area contributed by atoms with Crippen LogP contribution in [0.25, 0.3) is 0 Å². The zero-order valence-corrected chi connectivity index (χ0v) is 13.6. The van der Waals surface area contributed by atoms with Crippen LogP contribution in [0.2, 0.25) is 0 Å². The highest BCUT2D eigenvalue weighted by Gasteiger charge is 2.04. The van der Waals surface area contributed by atoms with Crippen molar-refractivity contribution in [2.24, 2.45) is 11.5 Å². The van der Waals surface area contributed by atoms with Crippen LogP contribution in [0.15, 0.2) is 36.4 Å². The number of ether oxygens (including phenoxy) is 2. The van der Waals surface area contributed by atoms with Crippen molar-refractivity contribution in [2.75, 3.05) is 26.3 Å². The van der Waals surface area contributed by atoms with E-state index in [1.54, 1.807) is 0 Å². The van der Waals surface area contributed by atoms with E-state index in [0.29, 0.717) is 26.3 Å². The Morgan fingerprint density at radius 2 is 1.78 bits per heavy atom. The molecule has 2 aromatic rings. The fourth-order valence-corrected chi connectivity index (χ4v) is 2.28. The monoisotopic (exact) mass is 315 g/mol. The van der Waals surface area contributed by atoms with Gasteiger partial charge in [-0.05, 0) is 37.6 Å². The molecule has 23 heavy (non-hydrogen) atoms. The molecule has 1 heterocycles. The normalized spacial score (nSPS) is 10.6. The third kappa shape index (κ3) is 5.88. The average molecular weight is 315 g/mol. The lowest BCUT2D eigenvalue weighted by Gasteiger charge is -2.10. The molecular formula is C18H25N3O2. The highest BCUT2D eigenvalue weighted by molar-refractivity contribution is 5.34. The van der Waals surface area contributed by atoms with E-state index < -0.39 is 0 Å². The molecule has 0 bridgehead atoms. The van der Waals surface area contributed by atoms with Gasteiger partial charge in [-0.15, -0.1) is 0 Å². The molecular weight excluding hydrogens is 290 g/mol. The van der Waals surface area contributed by atoms with Gasteiger partial charge in [-0.25, -0.2) is 0 Å². The van der Waals surface area contributed by atoms with Crippen LogP contribution in [-0.2, 0) is 6.42 Å². The van der Waals surface area contributed by atoms with Gasteiger partial charge in [0, 0.05) is 36.5 Å². The molecule has 0 fully saturated rings. The summed E-state index contributed by atoms with van der Waals surface area (Å²) in [5.41, 5.74) is 14.0. The molecule has 1 aromatic carbocycles. The van der Waals surface area contributed by atoms with Crippen LogP contribution in [0.5, 0.6) is 11.5 Å². The molecule has 4 N–H and O–H groups in total. The molecule has 0 amide bonds. The predicted molar refractivity (Wildman–Crippen MR) is 91.9 cm³/mol. The Balaban J connectivity index is 2.06. The first-order chi connectivity index (χ1) is 11.2. The number of pyridine rings is 1. The predicted octanol–water partition coefficient (Wildman–Crippen LogP) is 2.05. The molecule has 2 rings (SSSR count). The second-order valence-electron chi connectivity index (χ2n) is 5.39.